The third-order valence-corrected chi connectivity index (χ3v) is 3.64. The normalized spacial score (nSPS) is 30.2. The monoisotopic (exact) mass is 213 g/mol. The van der Waals surface area contributed by atoms with Crippen LogP contribution in [0, 0.1) is 11.3 Å². The Morgan fingerprint density at radius 3 is 2.40 bits per heavy atom. The summed E-state index contributed by atoms with van der Waals surface area (Å²) >= 11 is 0. The fourth-order valence-corrected chi connectivity index (χ4v) is 2.01. The van der Waals surface area contributed by atoms with Crippen molar-refractivity contribution in [1.29, 1.82) is 0 Å². The standard InChI is InChI=1S/C13H27NO/c1-10-7-5-6-8-11(10)15-9-12(14)13(2,3)4/h10-12H,5-9,14H2,1-4H3. The van der Waals surface area contributed by atoms with Crippen LogP contribution in [0.15, 0.2) is 0 Å². The molecule has 1 fully saturated rings. The summed E-state index contributed by atoms with van der Waals surface area (Å²) in [6.07, 6.45) is 5.67. The van der Waals surface area contributed by atoms with E-state index in [0.29, 0.717) is 18.6 Å². The molecule has 1 aliphatic carbocycles. The average molecular weight is 213 g/mol. The summed E-state index contributed by atoms with van der Waals surface area (Å²) < 4.78 is 5.96. The van der Waals surface area contributed by atoms with E-state index in [1.54, 1.807) is 0 Å². The van der Waals surface area contributed by atoms with Gasteiger partial charge in [-0.2, -0.15) is 0 Å². The van der Waals surface area contributed by atoms with Crippen LogP contribution in [0.25, 0.3) is 0 Å². The molecule has 1 aliphatic rings. The Morgan fingerprint density at radius 2 is 1.87 bits per heavy atom. The highest BCUT2D eigenvalue weighted by atomic mass is 16.5. The van der Waals surface area contributed by atoms with E-state index in [4.69, 9.17) is 10.5 Å². The molecular formula is C13H27NO. The molecule has 0 aromatic rings. The first kappa shape index (κ1) is 13.0. The smallest absolute Gasteiger partial charge is 0.0626 e. The highest BCUT2D eigenvalue weighted by Crippen LogP contribution is 2.27. The van der Waals surface area contributed by atoms with E-state index in [1.165, 1.54) is 25.7 Å². The molecule has 0 aromatic carbocycles. The van der Waals surface area contributed by atoms with Gasteiger partial charge in [0.25, 0.3) is 0 Å². The Bertz CT molecular complexity index is 185. The molecule has 0 spiro atoms. The fourth-order valence-electron chi connectivity index (χ4n) is 2.01. The maximum atomic E-state index is 6.09. The molecule has 0 bridgehead atoms. The number of ether oxygens (including phenoxy) is 1. The van der Waals surface area contributed by atoms with E-state index in [9.17, 15) is 0 Å². The molecule has 0 saturated heterocycles. The molecule has 0 aliphatic heterocycles. The number of hydrogen-bond donors (Lipinski definition) is 1. The van der Waals surface area contributed by atoms with Gasteiger partial charge in [0.15, 0.2) is 0 Å². The van der Waals surface area contributed by atoms with E-state index in [0.717, 1.165) is 0 Å². The van der Waals surface area contributed by atoms with Crippen LogP contribution >= 0.6 is 0 Å². The third-order valence-electron chi connectivity index (χ3n) is 3.64. The minimum absolute atomic E-state index is 0.145. The lowest BCUT2D eigenvalue weighted by atomic mass is 9.86. The van der Waals surface area contributed by atoms with Crippen molar-refractivity contribution in [3.63, 3.8) is 0 Å². The summed E-state index contributed by atoms with van der Waals surface area (Å²) in [6.45, 7) is 9.52. The van der Waals surface area contributed by atoms with Gasteiger partial charge in [-0.25, -0.2) is 0 Å². The zero-order chi connectivity index (χ0) is 11.5. The van der Waals surface area contributed by atoms with Crippen LogP contribution in [-0.4, -0.2) is 18.8 Å². The van der Waals surface area contributed by atoms with Gasteiger partial charge in [0.05, 0.1) is 12.7 Å². The minimum Gasteiger partial charge on any atom is -0.376 e. The van der Waals surface area contributed by atoms with Crippen LogP contribution < -0.4 is 5.73 Å². The predicted molar refractivity (Wildman–Crippen MR) is 64.8 cm³/mol. The Balaban J connectivity index is 2.29. The molecule has 2 N–H and O–H groups in total. The third kappa shape index (κ3) is 4.12. The number of nitrogens with two attached hydrogens (primary N) is 1. The summed E-state index contributed by atoms with van der Waals surface area (Å²) in [4.78, 5) is 0. The second-order valence-electron chi connectivity index (χ2n) is 6.11. The van der Waals surface area contributed by atoms with Crippen LogP contribution in [0.3, 0.4) is 0 Å². The Morgan fingerprint density at radius 1 is 1.27 bits per heavy atom. The lowest BCUT2D eigenvalue weighted by Crippen LogP contribution is -2.41. The van der Waals surface area contributed by atoms with Gasteiger partial charge < -0.3 is 10.5 Å². The first-order valence-corrected chi connectivity index (χ1v) is 6.28. The van der Waals surface area contributed by atoms with Gasteiger partial charge in [0.1, 0.15) is 0 Å². The Hall–Kier alpha value is -0.0800. The summed E-state index contributed by atoms with van der Waals surface area (Å²) in [7, 11) is 0. The molecule has 0 aromatic heterocycles. The molecule has 2 heteroatoms. The minimum atomic E-state index is 0.145. The Kier molecular flexibility index (Phi) is 4.60. The quantitative estimate of drug-likeness (QED) is 0.782. The van der Waals surface area contributed by atoms with Crippen molar-refractivity contribution in [1.82, 2.24) is 0 Å². The van der Waals surface area contributed by atoms with Crippen LogP contribution in [-0.2, 0) is 4.74 Å². The van der Waals surface area contributed by atoms with E-state index in [2.05, 4.69) is 27.7 Å². The largest absolute Gasteiger partial charge is 0.376 e. The number of hydrogen-bond acceptors (Lipinski definition) is 2. The lowest BCUT2D eigenvalue weighted by Gasteiger charge is -2.33. The SMILES string of the molecule is CC1CCCCC1OCC(N)C(C)(C)C. The van der Waals surface area contributed by atoms with E-state index >= 15 is 0 Å². The van der Waals surface area contributed by atoms with E-state index in [1.807, 2.05) is 0 Å². The second-order valence-corrected chi connectivity index (χ2v) is 6.11. The van der Waals surface area contributed by atoms with Gasteiger partial charge in [-0.1, -0.05) is 40.5 Å². The average Bonchev–Trinajstić information content (AvgIpc) is 2.14. The van der Waals surface area contributed by atoms with Crippen molar-refractivity contribution in [2.45, 2.75) is 65.5 Å². The van der Waals surface area contributed by atoms with E-state index in [-0.39, 0.29) is 11.5 Å². The molecule has 90 valence electrons. The topological polar surface area (TPSA) is 35.2 Å². The molecule has 0 radical (unpaired) electrons. The Labute approximate surface area is 94.6 Å². The molecule has 1 saturated carbocycles. The van der Waals surface area contributed by atoms with Crippen molar-refractivity contribution in [2.75, 3.05) is 6.61 Å². The number of rotatable bonds is 3. The van der Waals surface area contributed by atoms with Gasteiger partial charge in [-0.3, -0.25) is 0 Å². The van der Waals surface area contributed by atoms with Gasteiger partial charge in [0, 0.05) is 6.04 Å². The van der Waals surface area contributed by atoms with Gasteiger partial charge in [-0.15, -0.1) is 0 Å². The molecular weight excluding hydrogens is 186 g/mol. The highest BCUT2D eigenvalue weighted by molar-refractivity contribution is 4.78. The van der Waals surface area contributed by atoms with Crippen LogP contribution in [0.1, 0.15) is 53.4 Å². The maximum absolute atomic E-state index is 6.09. The van der Waals surface area contributed by atoms with Crippen molar-refractivity contribution >= 4 is 0 Å². The summed E-state index contributed by atoms with van der Waals surface area (Å²) in [5.74, 6) is 0.714. The first-order chi connectivity index (χ1) is 6.91. The fraction of sp³-hybridized carbons (Fsp3) is 1.00. The van der Waals surface area contributed by atoms with Crippen molar-refractivity contribution in [2.24, 2.45) is 17.1 Å². The molecule has 15 heavy (non-hydrogen) atoms. The van der Waals surface area contributed by atoms with Crippen LogP contribution in [0.2, 0.25) is 0 Å². The van der Waals surface area contributed by atoms with Gasteiger partial charge >= 0.3 is 0 Å². The molecule has 3 unspecified atom stereocenters. The lowest BCUT2D eigenvalue weighted by molar-refractivity contribution is -0.0223. The molecule has 1 rings (SSSR count). The summed E-state index contributed by atoms with van der Waals surface area (Å²) in [5.41, 5.74) is 6.24. The molecule has 0 amide bonds. The summed E-state index contributed by atoms with van der Waals surface area (Å²) in [6, 6.07) is 0.145. The predicted octanol–water partition coefficient (Wildman–Crippen LogP) is 2.96. The molecule has 0 heterocycles. The zero-order valence-electron chi connectivity index (χ0n) is 10.8. The van der Waals surface area contributed by atoms with Crippen molar-refractivity contribution in [3.8, 4) is 0 Å². The van der Waals surface area contributed by atoms with Gasteiger partial charge in [-0.05, 0) is 24.2 Å². The first-order valence-electron chi connectivity index (χ1n) is 6.28. The zero-order valence-corrected chi connectivity index (χ0v) is 10.8. The van der Waals surface area contributed by atoms with Crippen molar-refractivity contribution in [3.05, 3.63) is 0 Å². The van der Waals surface area contributed by atoms with Gasteiger partial charge in [0.2, 0.25) is 0 Å². The van der Waals surface area contributed by atoms with Crippen LogP contribution in [0.4, 0.5) is 0 Å². The second kappa shape index (κ2) is 5.31. The van der Waals surface area contributed by atoms with Crippen molar-refractivity contribution < 1.29 is 4.74 Å². The maximum Gasteiger partial charge on any atom is 0.0626 e. The van der Waals surface area contributed by atoms with E-state index < -0.39 is 0 Å². The molecule has 3 atom stereocenters. The summed E-state index contributed by atoms with van der Waals surface area (Å²) in [5, 5.41) is 0. The highest BCUT2D eigenvalue weighted by Gasteiger charge is 2.25. The molecule has 2 nitrogen and oxygen atoms in total. The van der Waals surface area contributed by atoms with Crippen LogP contribution in [0.5, 0.6) is 0 Å².